The lowest BCUT2D eigenvalue weighted by Crippen LogP contribution is -2.64. The van der Waals surface area contributed by atoms with E-state index in [-0.39, 0.29) is 0 Å². The number of hydrogen-bond donors (Lipinski definition) is 2. The summed E-state index contributed by atoms with van der Waals surface area (Å²) in [7, 11) is 0. The molecule has 0 heterocycles. The molecule has 3 aromatic carbocycles. The van der Waals surface area contributed by atoms with Crippen LogP contribution in [0.1, 0.15) is 50.7 Å². The monoisotopic (exact) mass is 430 g/mol. The van der Waals surface area contributed by atoms with Crippen molar-refractivity contribution in [1.29, 1.82) is 0 Å². The van der Waals surface area contributed by atoms with Gasteiger partial charge in [0.2, 0.25) is 21.7 Å². The first-order valence-electron chi connectivity index (χ1n) is 10.5. The van der Waals surface area contributed by atoms with Crippen molar-refractivity contribution in [3.8, 4) is 0 Å². The second-order valence-corrected chi connectivity index (χ2v) is 8.27. The third kappa shape index (κ3) is 4.91. The average molecular weight is 431 g/mol. The Balaban J connectivity index is 1.95. The summed E-state index contributed by atoms with van der Waals surface area (Å²) in [5, 5.41) is 4.72. The van der Waals surface area contributed by atoms with E-state index in [1.54, 1.807) is 24.3 Å². The fraction of sp³-hybridized carbons (Fsp3) is 0.231. The minimum atomic E-state index is -1.01. The molecular weight excluding hydrogens is 404 g/mol. The molecule has 0 aliphatic carbocycles. The summed E-state index contributed by atoms with van der Waals surface area (Å²) in [5.74, 6) is 0.734. The second kappa shape index (κ2) is 9.56. The molecule has 3 aromatic rings. The largest absolute Gasteiger partial charge is 0.361 e. The molecule has 0 aliphatic rings. The average Bonchev–Trinajstić information content (AvgIpc) is 2.78. The summed E-state index contributed by atoms with van der Waals surface area (Å²) >= 11 is 0. The molecule has 2 N–H and O–H groups in total. The van der Waals surface area contributed by atoms with Gasteiger partial charge in [-0.2, -0.15) is 0 Å². The van der Waals surface area contributed by atoms with Crippen LogP contribution in [-0.4, -0.2) is 0 Å². The Hall–Kier alpha value is -3.80. The van der Waals surface area contributed by atoms with E-state index >= 15 is 0 Å². The molecule has 0 unspecified atom stereocenters. The van der Waals surface area contributed by atoms with Crippen LogP contribution in [0.4, 0.5) is 11.4 Å². The lowest BCUT2D eigenvalue weighted by atomic mass is 10.0. The first-order chi connectivity index (χ1) is 15.2. The zero-order valence-electron chi connectivity index (χ0n) is 18.6. The maximum Gasteiger partial charge on any atom is 0.239 e. The van der Waals surface area contributed by atoms with Crippen LogP contribution < -0.4 is 42.8 Å². The van der Waals surface area contributed by atoms with E-state index in [9.17, 15) is 19.2 Å². The molecule has 0 radical (unpaired) electrons. The molecule has 6 nitrogen and oxygen atoms in total. The number of hydrogen-bond acceptors (Lipinski definition) is 6. The molecular formula is C26H26N2O4. The number of benzene rings is 3. The Morgan fingerprint density at radius 2 is 0.812 bits per heavy atom. The number of nitrogens with one attached hydrogen (secondary N) is 2. The molecule has 0 aliphatic heterocycles. The van der Waals surface area contributed by atoms with E-state index in [1.807, 2.05) is 24.3 Å². The highest BCUT2D eigenvalue weighted by Crippen LogP contribution is 2.17. The lowest BCUT2D eigenvalue weighted by molar-refractivity contribution is 0.867. The molecule has 6 heteroatoms. The molecule has 0 fully saturated rings. The van der Waals surface area contributed by atoms with E-state index in [1.165, 1.54) is 0 Å². The maximum absolute atomic E-state index is 12.5. The highest BCUT2D eigenvalue weighted by atomic mass is 16.2. The lowest BCUT2D eigenvalue weighted by Gasteiger charge is -2.06. The SMILES string of the molecule is CC(C)c1ccc(NC=c2c(=O)c(=O)c(=CNc3ccc(C(C)C)cc3)c(=O)c2=O)cc1. The van der Waals surface area contributed by atoms with Crippen LogP contribution in [0, 0.1) is 0 Å². The Bertz CT molecular complexity index is 1270. The standard InChI is InChI=1S/C26H26N2O4/c1-15(2)17-5-9-19(10-6-17)27-13-21-23(29)25(31)22(26(32)24(21)30)14-28-20-11-7-18(8-12-20)16(3)4/h5-16,27-28H,1-4H3. The van der Waals surface area contributed by atoms with Crippen LogP contribution in [0.15, 0.2) is 67.7 Å². The van der Waals surface area contributed by atoms with Crippen molar-refractivity contribution in [2.24, 2.45) is 0 Å². The van der Waals surface area contributed by atoms with Gasteiger partial charge in [-0.3, -0.25) is 19.2 Å². The van der Waals surface area contributed by atoms with Gasteiger partial charge in [-0.05, 0) is 47.2 Å². The van der Waals surface area contributed by atoms with E-state index in [2.05, 4.69) is 38.3 Å². The van der Waals surface area contributed by atoms with E-state index in [4.69, 9.17) is 0 Å². The van der Waals surface area contributed by atoms with E-state index in [0.29, 0.717) is 23.2 Å². The normalized spacial score (nSPS) is 10.9. The summed E-state index contributed by atoms with van der Waals surface area (Å²) in [6, 6.07) is 14.9. The molecule has 0 saturated heterocycles. The van der Waals surface area contributed by atoms with Gasteiger partial charge in [-0.25, -0.2) is 0 Å². The van der Waals surface area contributed by atoms with E-state index < -0.39 is 32.2 Å². The summed E-state index contributed by atoms with van der Waals surface area (Å²) in [5.41, 5.74) is -0.495. The van der Waals surface area contributed by atoms with Crippen molar-refractivity contribution in [2.45, 2.75) is 39.5 Å². The third-order valence-electron chi connectivity index (χ3n) is 5.31. The molecule has 32 heavy (non-hydrogen) atoms. The molecule has 0 saturated carbocycles. The zero-order valence-corrected chi connectivity index (χ0v) is 18.6. The predicted octanol–water partition coefficient (Wildman–Crippen LogP) is 1.95. The molecule has 0 spiro atoms. The smallest absolute Gasteiger partial charge is 0.239 e. The fourth-order valence-corrected chi connectivity index (χ4v) is 3.20. The summed E-state index contributed by atoms with van der Waals surface area (Å²) < 4.78 is 0. The highest BCUT2D eigenvalue weighted by Gasteiger charge is 2.10. The molecule has 164 valence electrons. The number of rotatable bonds is 6. The highest BCUT2D eigenvalue weighted by molar-refractivity contribution is 5.56. The minimum Gasteiger partial charge on any atom is -0.361 e. The van der Waals surface area contributed by atoms with Gasteiger partial charge in [0.1, 0.15) is 0 Å². The molecule has 0 bridgehead atoms. The molecule has 0 atom stereocenters. The van der Waals surface area contributed by atoms with Crippen LogP contribution in [0.5, 0.6) is 0 Å². The zero-order chi connectivity index (χ0) is 23.4. The van der Waals surface area contributed by atoms with Gasteiger partial charge in [0.25, 0.3) is 0 Å². The second-order valence-electron chi connectivity index (χ2n) is 8.27. The van der Waals surface area contributed by atoms with Crippen LogP contribution in [0.3, 0.4) is 0 Å². The van der Waals surface area contributed by atoms with E-state index in [0.717, 1.165) is 23.5 Å². The van der Waals surface area contributed by atoms with Crippen molar-refractivity contribution in [1.82, 2.24) is 0 Å². The Labute approximate surface area is 185 Å². The minimum absolute atomic E-state index is 0.367. The third-order valence-corrected chi connectivity index (χ3v) is 5.31. The van der Waals surface area contributed by atoms with Crippen molar-refractivity contribution >= 4 is 23.8 Å². The molecule has 3 rings (SSSR count). The Morgan fingerprint density at radius 3 is 1.06 bits per heavy atom. The van der Waals surface area contributed by atoms with Gasteiger partial charge in [-0.1, -0.05) is 52.0 Å². The van der Waals surface area contributed by atoms with Crippen molar-refractivity contribution in [3.05, 3.63) is 111 Å². The van der Waals surface area contributed by atoms with Gasteiger partial charge >= 0.3 is 0 Å². The van der Waals surface area contributed by atoms with Crippen molar-refractivity contribution in [3.63, 3.8) is 0 Å². The van der Waals surface area contributed by atoms with Crippen LogP contribution in [0.25, 0.3) is 12.4 Å². The van der Waals surface area contributed by atoms with Crippen molar-refractivity contribution in [2.75, 3.05) is 10.6 Å². The summed E-state index contributed by atoms with van der Waals surface area (Å²) in [6.45, 7) is 8.28. The van der Waals surface area contributed by atoms with Gasteiger partial charge in [0.05, 0.1) is 10.4 Å². The fourth-order valence-electron chi connectivity index (χ4n) is 3.20. The van der Waals surface area contributed by atoms with Gasteiger partial charge < -0.3 is 10.6 Å². The van der Waals surface area contributed by atoms with Gasteiger partial charge in [0.15, 0.2) is 0 Å². The summed E-state index contributed by atoms with van der Waals surface area (Å²) in [4.78, 5) is 50.0. The first kappa shape index (κ1) is 22.9. The van der Waals surface area contributed by atoms with Crippen LogP contribution in [-0.2, 0) is 0 Å². The molecule has 0 aromatic heterocycles. The quantitative estimate of drug-likeness (QED) is 0.581. The van der Waals surface area contributed by atoms with Gasteiger partial charge in [0, 0.05) is 23.8 Å². The Morgan fingerprint density at radius 1 is 0.531 bits per heavy atom. The first-order valence-corrected chi connectivity index (χ1v) is 10.5. The summed E-state index contributed by atoms with van der Waals surface area (Å²) in [6.07, 6.45) is 2.25. The topological polar surface area (TPSA) is 92.3 Å². The van der Waals surface area contributed by atoms with Gasteiger partial charge in [-0.15, -0.1) is 0 Å². The number of anilines is 2. The Kier molecular flexibility index (Phi) is 6.83. The van der Waals surface area contributed by atoms with Crippen LogP contribution >= 0.6 is 0 Å². The maximum atomic E-state index is 12.5. The predicted molar refractivity (Wildman–Crippen MR) is 130 cm³/mol. The molecule has 0 amide bonds. The van der Waals surface area contributed by atoms with Crippen molar-refractivity contribution < 1.29 is 0 Å². The van der Waals surface area contributed by atoms with Crippen LogP contribution in [0.2, 0.25) is 0 Å².